The average Bonchev–Trinajstić information content (AvgIpc) is 3.14. The lowest BCUT2D eigenvalue weighted by atomic mass is 9.79. The van der Waals surface area contributed by atoms with Crippen molar-refractivity contribution < 1.29 is 38.7 Å². The van der Waals surface area contributed by atoms with Crippen molar-refractivity contribution >= 4 is 11.9 Å². The fraction of sp³-hybridized carbons (Fsp3) is 0.519. The second-order valence-electron chi connectivity index (χ2n) is 21.3. The summed E-state index contributed by atoms with van der Waals surface area (Å²) in [6, 6.07) is 17.7. The monoisotopic (exact) mass is 849 g/mol. The van der Waals surface area contributed by atoms with Gasteiger partial charge < -0.3 is 29.2 Å². The van der Waals surface area contributed by atoms with E-state index in [9.17, 15) is 19.8 Å². The number of carboxylic acid groups (broad SMARTS) is 2. The average molecular weight is 849 g/mol. The Morgan fingerprint density at radius 1 is 0.403 bits per heavy atom. The van der Waals surface area contributed by atoms with Crippen molar-refractivity contribution in [1.29, 1.82) is 0 Å². The third-order valence-electron chi connectivity index (χ3n) is 11.5. The Balaban J connectivity index is 2.03. The molecular weight excluding hydrogens is 777 g/mol. The van der Waals surface area contributed by atoms with Crippen LogP contribution in [0.1, 0.15) is 177 Å². The molecule has 8 nitrogen and oxygen atoms in total. The molecule has 0 amide bonds. The van der Waals surface area contributed by atoms with Gasteiger partial charge in [-0.05, 0) is 101 Å². The molecule has 62 heavy (non-hydrogen) atoms. The van der Waals surface area contributed by atoms with E-state index in [1.165, 1.54) is 0 Å². The van der Waals surface area contributed by atoms with E-state index in [0.29, 0.717) is 50.4 Å². The van der Waals surface area contributed by atoms with Crippen LogP contribution >= 0.6 is 0 Å². The highest BCUT2D eigenvalue weighted by atomic mass is 16.5. The Hall–Kier alpha value is -4.98. The first-order chi connectivity index (χ1) is 28.8. The quantitative estimate of drug-likeness (QED) is 0.128. The summed E-state index contributed by atoms with van der Waals surface area (Å²) in [5, 5.41) is 20.1. The molecule has 0 aromatic heterocycles. The third-order valence-corrected chi connectivity index (χ3v) is 11.5. The van der Waals surface area contributed by atoms with Gasteiger partial charge in [0.05, 0.1) is 13.2 Å². The van der Waals surface area contributed by atoms with Crippen LogP contribution in [0.3, 0.4) is 0 Å². The molecular formula is C54H72O8. The minimum Gasteiger partial charge on any atom is -0.493 e. The first-order valence-electron chi connectivity index (χ1n) is 22.4. The number of hydrogen-bond donors (Lipinski definition) is 2. The highest BCUT2D eigenvalue weighted by Gasteiger charge is 2.29. The van der Waals surface area contributed by atoms with Crippen LogP contribution in [-0.4, -0.2) is 48.6 Å². The van der Waals surface area contributed by atoms with E-state index in [1.807, 2.05) is 0 Å². The number of aliphatic carboxylic acids is 2. The number of ether oxygens (including phenoxy) is 4. The van der Waals surface area contributed by atoms with Gasteiger partial charge in [0.25, 0.3) is 0 Å². The molecule has 8 bridgehead atoms. The van der Waals surface area contributed by atoms with Gasteiger partial charge in [-0.2, -0.15) is 0 Å². The summed E-state index contributed by atoms with van der Waals surface area (Å²) in [7, 11) is 0. The van der Waals surface area contributed by atoms with Crippen molar-refractivity contribution in [2.45, 2.75) is 157 Å². The molecule has 0 unspecified atom stereocenters. The lowest BCUT2D eigenvalue weighted by molar-refractivity contribution is -0.140. The lowest BCUT2D eigenvalue weighted by Gasteiger charge is -2.29. The summed E-state index contributed by atoms with van der Waals surface area (Å²) < 4.78 is 26.4. The van der Waals surface area contributed by atoms with E-state index in [2.05, 4.69) is 145 Å². The van der Waals surface area contributed by atoms with Gasteiger partial charge in [0.2, 0.25) is 0 Å². The van der Waals surface area contributed by atoms with E-state index >= 15 is 0 Å². The molecule has 0 saturated carbocycles. The molecule has 0 heterocycles. The number of hydrogen-bond acceptors (Lipinski definition) is 6. The molecule has 336 valence electrons. The van der Waals surface area contributed by atoms with Gasteiger partial charge in [0.15, 0.2) is 13.2 Å². The lowest BCUT2D eigenvalue weighted by Crippen LogP contribution is -2.19. The van der Waals surface area contributed by atoms with Gasteiger partial charge in [0, 0.05) is 25.7 Å². The highest BCUT2D eigenvalue weighted by Crippen LogP contribution is 2.44. The molecule has 0 atom stereocenters. The first kappa shape index (κ1) is 48.1. The zero-order chi connectivity index (χ0) is 45.9. The van der Waals surface area contributed by atoms with Crippen molar-refractivity contribution in [2.24, 2.45) is 0 Å². The van der Waals surface area contributed by atoms with Crippen LogP contribution in [0.15, 0.2) is 48.5 Å². The Morgan fingerprint density at radius 2 is 0.597 bits per heavy atom. The SMILES string of the molecule is CCCOc1c2cc(C(C)(C)C)cc1Cc1cc(C(C)(C)C)cc(c1OCC(=O)O)Cc1cc(C(C)(C)C)cc(c1OCCC)Cc1cc(C(C)(C)C)cc(c1OCC(=O)O)C2. The summed E-state index contributed by atoms with van der Waals surface area (Å²) in [5.41, 5.74) is 10.9. The standard InChI is InChI=1S/C54H72O8/c1-15-17-59-47-33-19-37-27-43(53(9,10)11)29-39(49(37)61-31-45(55)56)21-35-25-42(52(6,7)8)26-36(48(35)60-18-16-2)22-40-30-44(54(12,13)14)28-38(50(40)62-32-46(57)58)20-34(47)24-41(23-33)51(3,4)5/h23-30H,15-22,31-32H2,1-14H3,(H,55,56)(H,57,58). The maximum atomic E-state index is 12.3. The molecule has 1 aliphatic rings. The molecule has 0 aliphatic heterocycles. The van der Waals surface area contributed by atoms with Gasteiger partial charge in [-0.3, -0.25) is 0 Å². The molecule has 0 saturated heterocycles. The molecule has 2 N–H and O–H groups in total. The number of fused-ring (bicyclic) bond motifs is 8. The van der Waals surface area contributed by atoms with Crippen LogP contribution in [0.4, 0.5) is 0 Å². The summed E-state index contributed by atoms with van der Waals surface area (Å²) in [6.45, 7) is 30.6. The minimum atomic E-state index is -1.05. The predicted molar refractivity (Wildman–Crippen MR) is 250 cm³/mol. The zero-order valence-electron chi connectivity index (χ0n) is 40.0. The smallest absolute Gasteiger partial charge is 0.341 e. The van der Waals surface area contributed by atoms with Crippen molar-refractivity contribution in [2.75, 3.05) is 26.4 Å². The van der Waals surface area contributed by atoms with Crippen LogP contribution in [0.5, 0.6) is 23.0 Å². The van der Waals surface area contributed by atoms with Crippen LogP contribution < -0.4 is 18.9 Å². The Morgan fingerprint density at radius 3 is 0.758 bits per heavy atom. The van der Waals surface area contributed by atoms with Crippen LogP contribution in [0.2, 0.25) is 0 Å². The Labute approximate surface area is 371 Å². The fourth-order valence-corrected chi connectivity index (χ4v) is 8.04. The van der Waals surface area contributed by atoms with E-state index < -0.39 is 25.2 Å². The summed E-state index contributed by atoms with van der Waals surface area (Å²) >= 11 is 0. The van der Waals surface area contributed by atoms with Crippen molar-refractivity contribution in [1.82, 2.24) is 0 Å². The second-order valence-corrected chi connectivity index (χ2v) is 21.3. The van der Waals surface area contributed by atoms with Gasteiger partial charge in [-0.25, -0.2) is 9.59 Å². The minimum absolute atomic E-state index is 0.238. The molecule has 8 heteroatoms. The number of rotatable bonds is 12. The van der Waals surface area contributed by atoms with Crippen LogP contribution in [-0.2, 0) is 56.9 Å². The molecule has 0 spiro atoms. The summed E-state index contributed by atoms with van der Waals surface area (Å²) in [5.74, 6) is 0.555. The predicted octanol–water partition coefficient (Wildman–Crippen LogP) is 12.1. The van der Waals surface area contributed by atoms with E-state index in [4.69, 9.17) is 18.9 Å². The third kappa shape index (κ3) is 11.7. The Bertz CT molecular complexity index is 2010. The molecule has 0 radical (unpaired) electrons. The highest BCUT2D eigenvalue weighted by molar-refractivity contribution is 5.70. The molecule has 1 aliphatic carbocycles. The van der Waals surface area contributed by atoms with Gasteiger partial charge in [-0.15, -0.1) is 0 Å². The molecule has 0 fully saturated rings. The topological polar surface area (TPSA) is 112 Å². The van der Waals surface area contributed by atoms with Gasteiger partial charge in [0.1, 0.15) is 23.0 Å². The van der Waals surface area contributed by atoms with Crippen LogP contribution in [0, 0.1) is 0 Å². The summed E-state index contributed by atoms with van der Waals surface area (Å²) in [6.07, 6.45) is 3.27. The Kier molecular flexibility index (Phi) is 14.6. The second kappa shape index (κ2) is 18.8. The summed E-state index contributed by atoms with van der Waals surface area (Å²) in [4.78, 5) is 24.5. The zero-order valence-corrected chi connectivity index (χ0v) is 40.0. The largest absolute Gasteiger partial charge is 0.493 e. The number of carboxylic acids is 2. The molecule has 5 rings (SSSR count). The van der Waals surface area contributed by atoms with Crippen molar-refractivity contribution in [3.05, 3.63) is 115 Å². The number of carbonyl (C=O) groups is 2. The van der Waals surface area contributed by atoms with Gasteiger partial charge >= 0.3 is 11.9 Å². The normalized spacial score (nSPS) is 13.4. The molecule has 4 aromatic rings. The first-order valence-corrected chi connectivity index (χ1v) is 22.4. The molecule has 4 aromatic carbocycles. The van der Waals surface area contributed by atoms with Crippen LogP contribution in [0.25, 0.3) is 0 Å². The van der Waals surface area contributed by atoms with Gasteiger partial charge in [-0.1, -0.05) is 145 Å². The van der Waals surface area contributed by atoms with Crippen molar-refractivity contribution in [3.8, 4) is 23.0 Å². The van der Waals surface area contributed by atoms with E-state index in [-0.39, 0.29) is 21.7 Å². The number of benzene rings is 4. The van der Waals surface area contributed by atoms with E-state index in [0.717, 1.165) is 91.1 Å². The maximum Gasteiger partial charge on any atom is 0.341 e. The fourth-order valence-electron chi connectivity index (χ4n) is 8.04. The van der Waals surface area contributed by atoms with E-state index in [1.54, 1.807) is 0 Å². The van der Waals surface area contributed by atoms with Crippen molar-refractivity contribution in [3.63, 3.8) is 0 Å². The maximum absolute atomic E-state index is 12.3.